The maximum atomic E-state index is 5.82. The Morgan fingerprint density at radius 2 is 2.00 bits per heavy atom. The van der Waals surface area contributed by atoms with Gasteiger partial charge in [-0.15, -0.1) is 0 Å². The van der Waals surface area contributed by atoms with Crippen molar-refractivity contribution < 1.29 is 9.47 Å². The Kier molecular flexibility index (Phi) is 2.91. The Hall–Kier alpha value is -2.01. The summed E-state index contributed by atoms with van der Waals surface area (Å²) in [5.74, 6) is 2.51. The molecule has 100 valence electrons. The van der Waals surface area contributed by atoms with Gasteiger partial charge >= 0.3 is 0 Å². The van der Waals surface area contributed by atoms with E-state index >= 15 is 0 Å². The number of nitrogens with two attached hydrogens (primary N) is 1. The lowest BCUT2D eigenvalue weighted by Gasteiger charge is -2.18. The Labute approximate surface area is 112 Å². The highest BCUT2D eigenvalue weighted by atomic mass is 16.6. The molecule has 0 amide bonds. The van der Waals surface area contributed by atoms with E-state index in [1.54, 1.807) is 0 Å². The van der Waals surface area contributed by atoms with Crippen LogP contribution in [0.3, 0.4) is 0 Å². The van der Waals surface area contributed by atoms with Crippen LogP contribution in [0, 0.1) is 6.92 Å². The molecular weight excluding hydrogens is 242 g/mol. The Balaban J connectivity index is 2.09. The predicted octanol–water partition coefficient (Wildman–Crippen LogP) is 1.63. The molecule has 1 aliphatic heterocycles. The van der Waals surface area contributed by atoms with Crippen LogP contribution < -0.4 is 15.2 Å². The van der Waals surface area contributed by atoms with Crippen molar-refractivity contribution in [3.05, 3.63) is 29.7 Å². The summed E-state index contributed by atoms with van der Waals surface area (Å²) in [6, 6.07) is 5.89. The third-order valence-electron chi connectivity index (χ3n) is 3.45. The molecule has 0 fully saturated rings. The zero-order chi connectivity index (χ0) is 13.4. The molecule has 0 spiro atoms. The number of ether oxygens (including phenoxy) is 2. The van der Waals surface area contributed by atoms with Gasteiger partial charge in [-0.2, -0.15) is 0 Å². The van der Waals surface area contributed by atoms with Crippen LogP contribution in [0.15, 0.2) is 18.2 Å². The molecule has 0 radical (unpaired) electrons. The molecule has 2 heterocycles. The van der Waals surface area contributed by atoms with Crippen molar-refractivity contribution in [3.8, 4) is 22.8 Å². The van der Waals surface area contributed by atoms with Crippen LogP contribution in [-0.4, -0.2) is 22.8 Å². The van der Waals surface area contributed by atoms with Gasteiger partial charge < -0.3 is 19.8 Å². The van der Waals surface area contributed by atoms with E-state index in [0.717, 1.165) is 34.3 Å². The number of aryl methyl sites for hydroxylation is 1. The number of hydrogen-bond acceptors (Lipinski definition) is 4. The maximum absolute atomic E-state index is 5.82. The third kappa shape index (κ3) is 1.96. The van der Waals surface area contributed by atoms with E-state index in [1.165, 1.54) is 0 Å². The van der Waals surface area contributed by atoms with Crippen molar-refractivity contribution in [2.75, 3.05) is 13.2 Å². The summed E-state index contributed by atoms with van der Waals surface area (Å²) >= 11 is 0. The summed E-state index contributed by atoms with van der Waals surface area (Å²) in [6.45, 7) is 3.62. The molecule has 0 aliphatic carbocycles. The Morgan fingerprint density at radius 1 is 1.26 bits per heavy atom. The van der Waals surface area contributed by atoms with Gasteiger partial charge in [-0.05, 0) is 25.1 Å². The van der Waals surface area contributed by atoms with E-state index in [4.69, 9.17) is 15.2 Å². The minimum atomic E-state index is 0.459. The second-order valence-corrected chi connectivity index (χ2v) is 4.58. The molecule has 2 N–H and O–H groups in total. The number of aromatic nitrogens is 2. The summed E-state index contributed by atoms with van der Waals surface area (Å²) in [5, 5.41) is 0. The summed E-state index contributed by atoms with van der Waals surface area (Å²) in [5.41, 5.74) is 8.77. The van der Waals surface area contributed by atoms with Crippen LogP contribution >= 0.6 is 0 Å². The molecule has 0 unspecified atom stereocenters. The highest BCUT2D eigenvalue weighted by Gasteiger charge is 2.17. The van der Waals surface area contributed by atoms with Crippen LogP contribution in [-0.2, 0) is 13.6 Å². The van der Waals surface area contributed by atoms with Crippen LogP contribution in [0.5, 0.6) is 11.5 Å². The first-order chi connectivity index (χ1) is 9.20. The smallest absolute Gasteiger partial charge is 0.162 e. The van der Waals surface area contributed by atoms with Crippen molar-refractivity contribution in [1.29, 1.82) is 0 Å². The Morgan fingerprint density at radius 3 is 2.74 bits per heavy atom. The van der Waals surface area contributed by atoms with Crippen LogP contribution in [0.4, 0.5) is 0 Å². The average molecular weight is 259 g/mol. The molecule has 0 saturated carbocycles. The fraction of sp³-hybridized carbons (Fsp3) is 0.357. The maximum Gasteiger partial charge on any atom is 0.162 e. The SMILES string of the molecule is Cc1nc(-c2ccc3c(c2)OCCO3)c(CN)n1C. The summed E-state index contributed by atoms with van der Waals surface area (Å²) in [6.07, 6.45) is 0. The Bertz CT molecular complexity index is 619. The van der Waals surface area contributed by atoms with Gasteiger partial charge in [0.2, 0.25) is 0 Å². The molecule has 5 heteroatoms. The van der Waals surface area contributed by atoms with E-state index in [2.05, 4.69) is 4.98 Å². The standard InChI is InChI=1S/C14H17N3O2/c1-9-16-14(11(8-15)17(9)2)10-3-4-12-13(7-10)19-6-5-18-12/h3-4,7H,5-6,8,15H2,1-2H3. The lowest BCUT2D eigenvalue weighted by molar-refractivity contribution is 0.171. The molecule has 3 rings (SSSR count). The van der Waals surface area contributed by atoms with Gasteiger partial charge in [0.15, 0.2) is 11.5 Å². The molecule has 5 nitrogen and oxygen atoms in total. The highest BCUT2D eigenvalue weighted by molar-refractivity contribution is 5.66. The summed E-state index contributed by atoms with van der Waals surface area (Å²) in [4.78, 5) is 4.59. The highest BCUT2D eigenvalue weighted by Crippen LogP contribution is 2.35. The third-order valence-corrected chi connectivity index (χ3v) is 3.45. The number of hydrogen-bond donors (Lipinski definition) is 1. The molecule has 0 bridgehead atoms. The predicted molar refractivity (Wildman–Crippen MR) is 72.3 cm³/mol. The topological polar surface area (TPSA) is 62.3 Å². The first-order valence-corrected chi connectivity index (χ1v) is 6.33. The van der Waals surface area contributed by atoms with Gasteiger partial charge in [0.05, 0.1) is 11.4 Å². The number of nitrogens with zero attached hydrogens (tertiary/aromatic N) is 2. The van der Waals surface area contributed by atoms with Crippen LogP contribution in [0.1, 0.15) is 11.5 Å². The molecular formula is C14H17N3O2. The van der Waals surface area contributed by atoms with Crippen molar-refractivity contribution in [1.82, 2.24) is 9.55 Å². The van der Waals surface area contributed by atoms with E-state index < -0.39 is 0 Å². The monoisotopic (exact) mass is 259 g/mol. The van der Waals surface area contributed by atoms with Crippen molar-refractivity contribution >= 4 is 0 Å². The molecule has 1 aliphatic rings. The van der Waals surface area contributed by atoms with Gasteiger partial charge in [0.1, 0.15) is 19.0 Å². The summed E-state index contributed by atoms with van der Waals surface area (Å²) < 4.78 is 13.1. The quantitative estimate of drug-likeness (QED) is 0.890. The van der Waals surface area contributed by atoms with Gasteiger partial charge in [-0.25, -0.2) is 4.98 Å². The number of fused-ring (bicyclic) bond motifs is 1. The zero-order valence-corrected chi connectivity index (χ0v) is 11.1. The second-order valence-electron chi connectivity index (χ2n) is 4.58. The van der Waals surface area contributed by atoms with Crippen molar-refractivity contribution in [3.63, 3.8) is 0 Å². The lowest BCUT2D eigenvalue weighted by atomic mass is 10.1. The normalized spacial score (nSPS) is 13.6. The number of rotatable bonds is 2. The molecule has 2 aromatic rings. The largest absolute Gasteiger partial charge is 0.486 e. The lowest BCUT2D eigenvalue weighted by Crippen LogP contribution is -2.15. The van der Waals surface area contributed by atoms with E-state index in [-0.39, 0.29) is 0 Å². The first-order valence-electron chi connectivity index (χ1n) is 6.33. The van der Waals surface area contributed by atoms with Gasteiger partial charge in [-0.3, -0.25) is 0 Å². The minimum absolute atomic E-state index is 0.459. The van der Waals surface area contributed by atoms with Crippen molar-refractivity contribution in [2.45, 2.75) is 13.5 Å². The number of benzene rings is 1. The van der Waals surface area contributed by atoms with E-state index in [1.807, 2.05) is 36.7 Å². The first kappa shape index (κ1) is 12.0. The fourth-order valence-corrected chi connectivity index (χ4v) is 2.31. The van der Waals surface area contributed by atoms with E-state index in [9.17, 15) is 0 Å². The zero-order valence-electron chi connectivity index (χ0n) is 11.1. The molecule has 0 atom stereocenters. The average Bonchev–Trinajstić information content (AvgIpc) is 2.74. The van der Waals surface area contributed by atoms with Gasteiger partial charge in [0.25, 0.3) is 0 Å². The summed E-state index contributed by atoms with van der Waals surface area (Å²) in [7, 11) is 1.98. The van der Waals surface area contributed by atoms with Crippen LogP contribution in [0.25, 0.3) is 11.3 Å². The second kappa shape index (κ2) is 4.59. The fourth-order valence-electron chi connectivity index (χ4n) is 2.31. The molecule has 1 aromatic carbocycles. The molecule has 1 aromatic heterocycles. The van der Waals surface area contributed by atoms with Gasteiger partial charge in [-0.1, -0.05) is 0 Å². The van der Waals surface area contributed by atoms with E-state index in [0.29, 0.717) is 19.8 Å². The van der Waals surface area contributed by atoms with Crippen LogP contribution in [0.2, 0.25) is 0 Å². The van der Waals surface area contributed by atoms with Crippen molar-refractivity contribution in [2.24, 2.45) is 12.8 Å². The minimum Gasteiger partial charge on any atom is -0.486 e. The van der Waals surface area contributed by atoms with Gasteiger partial charge in [0, 0.05) is 19.2 Å². The molecule has 0 saturated heterocycles. The number of imidazole rings is 1. The molecule has 19 heavy (non-hydrogen) atoms.